The summed E-state index contributed by atoms with van der Waals surface area (Å²) in [5.41, 5.74) is 2.12. The summed E-state index contributed by atoms with van der Waals surface area (Å²) in [5.74, 6) is -0.168. The van der Waals surface area contributed by atoms with Crippen LogP contribution in [0.3, 0.4) is 0 Å². The van der Waals surface area contributed by atoms with Gasteiger partial charge in [0.15, 0.2) is 0 Å². The van der Waals surface area contributed by atoms with Gasteiger partial charge in [-0.15, -0.1) is 0 Å². The third-order valence-electron chi connectivity index (χ3n) is 3.03. The number of halogens is 1. The maximum absolute atomic E-state index is 13.1. The number of hydrogen-bond acceptors (Lipinski definition) is 2. The number of hydrogen-bond donors (Lipinski definition) is 1. The van der Waals surface area contributed by atoms with E-state index < -0.39 is 0 Å². The van der Waals surface area contributed by atoms with Gasteiger partial charge in [0.2, 0.25) is 0 Å². The van der Waals surface area contributed by atoms with Crippen molar-refractivity contribution in [2.75, 3.05) is 6.54 Å². The topological polar surface area (TPSA) is 24.9 Å². The van der Waals surface area contributed by atoms with Crippen molar-refractivity contribution < 1.29 is 4.39 Å². The minimum atomic E-state index is -0.168. The quantitative estimate of drug-likeness (QED) is 0.861. The number of benzene rings is 1. The summed E-state index contributed by atoms with van der Waals surface area (Å²) in [6, 6.07) is 13.1. The molecular formula is C16H19FN2. The van der Waals surface area contributed by atoms with E-state index in [2.05, 4.69) is 17.2 Å². The van der Waals surface area contributed by atoms with E-state index in [-0.39, 0.29) is 5.82 Å². The molecule has 0 aliphatic rings. The number of nitrogens with zero attached hydrogens (tertiary/aromatic N) is 1. The van der Waals surface area contributed by atoms with Crippen molar-refractivity contribution in [1.29, 1.82) is 0 Å². The average molecular weight is 258 g/mol. The molecule has 2 nitrogen and oxygen atoms in total. The fraction of sp³-hybridized carbons (Fsp3) is 0.312. The van der Waals surface area contributed by atoms with Crippen LogP contribution in [0.2, 0.25) is 0 Å². The third-order valence-corrected chi connectivity index (χ3v) is 3.03. The Bertz CT molecular complexity index is 499. The van der Waals surface area contributed by atoms with Crippen molar-refractivity contribution in [3.05, 3.63) is 65.7 Å². The number of aromatic nitrogens is 1. The highest BCUT2D eigenvalue weighted by molar-refractivity contribution is 5.17. The molecule has 0 saturated heterocycles. The molecule has 1 N–H and O–H groups in total. The SMILES string of the molecule is CC(Cc1cccc(F)c1)NCCc1ccccn1. The predicted molar refractivity (Wildman–Crippen MR) is 75.5 cm³/mol. The molecule has 1 heterocycles. The Morgan fingerprint density at radius 1 is 1.21 bits per heavy atom. The Balaban J connectivity index is 1.74. The fourth-order valence-electron chi connectivity index (χ4n) is 2.08. The van der Waals surface area contributed by atoms with Crippen LogP contribution in [0.25, 0.3) is 0 Å². The summed E-state index contributed by atoms with van der Waals surface area (Å²) in [5, 5.41) is 3.44. The van der Waals surface area contributed by atoms with Crippen molar-refractivity contribution in [3.8, 4) is 0 Å². The van der Waals surface area contributed by atoms with Gasteiger partial charge < -0.3 is 5.32 Å². The average Bonchev–Trinajstić information content (AvgIpc) is 2.40. The largest absolute Gasteiger partial charge is 0.314 e. The first-order valence-corrected chi connectivity index (χ1v) is 6.62. The number of pyridine rings is 1. The van der Waals surface area contributed by atoms with E-state index in [1.165, 1.54) is 6.07 Å². The first-order chi connectivity index (χ1) is 9.24. The first-order valence-electron chi connectivity index (χ1n) is 6.62. The molecule has 100 valence electrons. The van der Waals surface area contributed by atoms with Crippen molar-refractivity contribution in [3.63, 3.8) is 0 Å². The first kappa shape index (κ1) is 13.7. The lowest BCUT2D eigenvalue weighted by Gasteiger charge is -2.13. The molecule has 0 aliphatic carbocycles. The molecule has 0 aliphatic heterocycles. The monoisotopic (exact) mass is 258 g/mol. The molecule has 0 fully saturated rings. The zero-order chi connectivity index (χ0) is 13.5. The lowest BCUT2D eigenvalue weighted by Crippen LogP contribution is -2.30. The zero-order valence-corrected chi connectivity index (χ0v) is 11.1. The standard InChI is InChI=1S/C16H19FN2/c1-13(11-14-5-4-6-15(17)12-14)18-10-8-16-7-2-3-9-19-16/h2-7,9,12-13,18H,8,10-11H2,1H3. The van der Waals surface area contributed by atoms with Gasteiger partial charge in [0, 0.05) is 30.9 Å². The molecule has 1 atom stereocenters. The Morgan fingerprint density at radius 2 is 2.11 bits per heavy atom. The predicted octanol–water partition coefficient (Wildman–Crippen LogP) is 2.98. The van der Waals surface area contributed by atoms with E-state index in [4.69, 9.17) is 0 Å². The fourth-order valence-corrected chi connectivity index (χ4v) is 2.08. The summed E-state index contributed by atoms with van der Waals surface area (Å²) in [7, 11) is 0. The van der Waals surface area contributed by atoms with Gasteiger partial charge in [-0.1, -0.05) is 18.2 Å². The van der Waals surface area contributed by atoms with Gasteiger partial charge in [0.05, 0.1) is 0 Å². The highest BCUT2D eigenvalue weighted by Gasteiger charge is 2.04. The van der Waals surface area contributed by atoms with Crippen LogP contribution in [0, 0.1) is 5.82 Å². The molecule has 1 aromatic carbocycles. The maximum atomic E-state index is 13.1. The third kappa shape index (κ3) is 4.79. The summed E-state index contributed by atoms with van der Waals surface area (Å²) in [4.78, 5) is 4.28. The smallest absolute Gasteiger partial charge is 0.123 e. The normalized spacial score (nSPS) is 12.3. The molecule has 1 unspecified atom stereocenters. The molecule has 0 spiro atoms. The van der Waals surface area contributed by atoms with Gasteiger partial charge in [-0.2, -0.15) is 0 Å². The van der Waals surface area contributed by atoms with Gasteiger partial charge in [-0.05, 0) is 43.2 Å². The van der Waals surface area contributed by atoms with Crippen LogP contribution in [0.5, 0.6) is 0 Å². The maximum Gasteiger partial charge on any atom is 0.123 e. The van der Waals surface area contributed by atoms with E-state index in [1.807, 2.05) is 30.5 Å². The zero-order valence-electron chi connectivity index (χ0n) is 11.1. The molecule has 0 saturated carbocycles. The van der Waals surface area contributed by atoms with Crippen molar-refractivity contribution in [2.45, 2.75) is 25.8 Å². The molecule has 1 aromatic heterocycles. The second-order valence-electron chi connectivity index (χ2n) is 4.76. The second-order valence-corrected chi connectivity index (χ2v) is 4.76. The van der Waals surface area contributed by atoms with Crippen LogP contribution in [0.15, 0.2) is 48.7 Å². The van der Waals surface area contributed by atoms with Crippen LogP contribution >= 0.6 is 0 Å². The Hall–Kier alpha value is -1.74. The summed E-state index contributed by atoms with van der Waals surface area (Å²) >= 11 is 0. The van der Waals surface area contributed by atoms with Crippen LogP contribution in [-0.2, 0) is 12.8 Å². The minimum Gasteiger partial charge on any atom is -0.314 e. The Morgan fingerprint density at radius 3 is 2.84 bits per heavy atom. The Labute approximate surface area is 113 Å². The molecule has 2 aromatic rings. The summed E-state index contributed by atoms with van der Waals surface area (Å²) in [6.07, 6.45) is 3.56. The van der Waals surface area contributed by atoms with Crippen molar-refractivity contribution in [1.82, 2.24) is 10.3 Å². The summed E-state index contributed by atoms with van der Waals surface area (Å²) < 4.78 is 13.1. The molecule has 2 rings (SSSR count). The molecule has 0 amide bonds. The van der Waals surface area contributed by atoms with Crippen LogP contribution in [-0.4, -0.2) is 17.6 Å². The van der Waals surface area contributed by atoms with E-state index in [9.17, 15) is 4.39 Å². The van der Waals surface area contributed by atoms with E-state index in [0.717, 1.165) is 30.6 Å². The molecular weight excluding hydrogens is 239 g/mol. The molecule has 3 heteroatoms. The van der Waals surface area contributed by atoms with E-state index in [0.29, 0.717) is 6.04 Å². The minimum absolute atomic E-state index is 0.168. The number of nitrogens with one attached hydrogen (secondary N) is 1. The second kappa shape index (κ2) is 7.00. The van der Waals surface area contributed by atoms with Crippen molar-refractivity contribution in [2.24, 2.45) is 0 Å². The lowest BCUT2D eigenvalue weighted by atomic mass is 10.1. The highest BCUT2D eigenvalue weighted by Crippen LogP contribution is 2.06. The van der Waals surface area contributed by atoms with E-state index in [1.54, 1.807) is 12.1 Å². The Kier molecular flexibility index (Phi) is 5.04. The molecule has 0 radical (unpaired) electrons. The van der Waals surface area contributed by atoms with Gasteiger partial charge >= 0.3 is 0 Å². The van der Waals surface area contributed by atoms with Crippen molar-refractivity contribution >= 4 is 0 Å². The van der Waals surface area contributed by atoms with E-state index >= 15 is 0 Å². The van der Waals surface area contributed by atoms with Crippen LogP contribution < -0.4 is 5.32 Å². The lowest BCUT2D eigenvalue weighted by molar-refractivity contribution is 0.544. The highest BCUT2D eigenvalue weighted by atomic mass is 19.1. The van der Waals surface area contributed by atoms with Crippen LogP contribution in [0.4, 0.5) is 4.39 Å². The number of rotatable bonds is 6. The van der Waals surface area contributed by atoms with Gasteiger partial charge in [-0.3, -0.25) is 4.98 Å². The van der Waals surface area contributed by atoms with Gasteiger partial charge in [-0.25, -0.2) is 4.39 Å². The van der Waals surface area contributed by atoms with Gasteiger partial charge in [0.1, 0.15) is 5.82 Å². The molecule has 19 heavy (non-hydrogen) atoms. The van der Waals surface area contributed by atoms with Crippen LogP contribution in [0.1, 0.15) is 18.2 Å². The molecule has 0 bridgehead atoms. The van der Waals surface area contributed by atoms with Gasteiger partial charge in [0.25, 0.3) is 0 Å². The summed E-state index contributed by atoms with van der Waals surface area (Å²) in [6.45, 7) is 3.00.